The number of fused-ring (bicyclic) bond motifs is 1. The van der Waals surface area contributed by atoms with Gasteiger partial charge in [-0.1, -0.05) is 0 Å². The molecule has 0 atom stereocenters. The molecule has 1 heterocycles. The Morgan fingerprint density at radius 1 is 1.19 bits per heavy atom. The van der Waals surface area contributed by atoms with Gasteiger partial charge in [0.15, 0.2) is 0 Å². The molecule has 0 aliphatic carbocycles. The molecule has 0 saturated heterocycles. The van der Waals surface area contributed by atoms with E-state index < -0.39 is 5.63 Å². The molecule has 0 aliphatic rings. The first kappa shape index (κ1) is 10.4. The van der Waals surface area contributed by atoms with Gasteiger partial charge in [0.25, 0.3) is 0 Å². The highest BCUT2D eigenvalue weighted by atomic mass is 16.5. The third-order valence-electron chi connectivity index (χ3n) is 2.27. The van der Waals surface area contributed by atoms with Crippen LogP contribution in [-0.2, 0) is 0 Å². The van der Waals surface area contributed by atoms with Gasteiger partial charge in [-0.15, -0.1) is 0 Å². The minimum atomic E-state index is -0.567. The first-order chi connectivity index (χ1) is 7.65. The Balaban J connectivity index is 2.84. The lowest BCUT2D eigenvalue weighted by Gasteiger charge is -2.07. The number of hydrogen-bond acceptors (Lipinski definition) is 5. The molecule has 0 amide bonds. The maximum Gasteiger partial charge on any atom is 0.359 e. The van der Waals surface area contributed by atoms with E-state index in [1.807, 2.05) is 0 Å². The number of rotatable bonds is 2. The van der Waals surface area contributed by atoms with Crippen LogP contribution >= 0.6 is 0 Å². The molecule has 5 nitrogen and oxygen atoms in total. The first-order valence-corrected chi connectivity index (χ1v) is 4.61. The van der Waals surface area contributed by atoms with Crippen molar-refractivity contribution in [2.45, 2.75) is 0 Å². The maximum atomic E-state index is 11.3. The normalized spacial score (nSPS) is 10.4. The van der Waals surface area contributed by atoms with Crippen molar-refractivity contribution in [1.82, 2.24) is 0 Å². The molecule has 1 aromatic carbocycles. The van der Waals surface area contributed by atoms with Crippen LogP contribution in [-0.4, -0.2) is 14.2 Å². The molecule has 2 rings (SSSR count). The molecule has 0 aliphatic heterocycles. The van der Waals surface area contributed by atoms with Crippen LogP contribution in [0.3, 0.4) is 0 Å². The SMILES string of the molecule is COc1cc(OC)c2cc(N)c(=O)oc2c1. The van der Waals surface area contributed by atoms with Gasteiger partial charge < -0.3 is 19.6 Å². The minimum absolute atomic E-state index is 0.0518. The van der Waals surface area contributed by atoms with Crippen molar-refractivity contribution in [3.63, 3.8) is 0 Å². The van der Waals surface area contributed by atoms with Crippen LogP contribution < -0.4 is 20.8 Å². The van der Waals surface area contributed by atoms with Gasteiger partial charge in [0.05, 0.1) is 19.6 Å². The van der Waals surface area contributed by atoms with Crippen molar-refractivity contribution < 1.29 is 13.9 Å². The number of methoxy groups -OCH3 is 2. The zero-order valence-electron chi connectivity index (χ0n) is 8.94. The highest BCUT2D eigenvalue weighted by Crippen LogP contribution is 2.30. The molecule has 1 aromatic heterocycles. The second-order valence-electron chi connectivity index (χ2n) is 3.23. The summed E-state index contributed by atoms with van der Waals surface area (Å²) in [6.45, 7) is 0. The van der Waals surface area contributed by atoms with Crippen molar-refractivity contribution in [3.05, 3.63) is 28.6 Å². The van der Waals surface area contributed by atoms with Crippen LogP contribution in [0.2, 0.25) is 0 Å². The van der Waals surface area contributed by atoms with E-state index in [1.54, 1.807) is 12.1 Å². The Hall–Kier alpha value is -2.17. The number of ether oxygens (including phenoxy) is 2. The Morgan fingerprint density at radius 3 is 2.56 bits per heavy atom. The van der Waals surface area contributed by atoms with Crippen LogP contribution in [0.4, 0.5) is 5.69 Å². The van der Waals surface area contributed by atoms with Gasteiger partial charge in [0.2, 0.25) is 0 Å². The smallest absolute Gasteiger partial charge is 0.359 e. The first-order valence-electron chi connectivity index (χ1n) is 4.61. The van der Waals surface area contributed by atoms with Gasteiger partial charge in [-0.3, -0.25) is 0 Å². The minimum Gasteiger partial charge on any atom is -0.496 e. The number of nitrogens with two attached hydrogens (primary N) is 1. The molecular weight excluding hydrogens is 210 g/mol. The topological polar surface area (TPSA) is 74.7 Å². The van der Waals surface area contributed by atoms with E-state index in [4.69, 9.17) is 19.6 Å². The summed E-state index contributed by atoms with van der Waals surface area (Å²) in [5, 5.41) is 0.639. The van der Waals surface area contributed by atoms with E-state index in [0.29, 0.717) is 22.5 Å². The molecule has 0 fully saturated rings. The van der Waals surface area contributed by atoms with Crippen molar-refractivity contribution in [1.29, 1.82) is 0 Å². The second-order valence-corrected chi connectivity index (χ2v) is 3.23. The summed E-state index contributed by atoms with van der Waals surface area (Å²) < 4.78 is 15.3. The van der Waals surface area contributed by atoms with E-state index in [0.717, 1.165) is 0 Å². The fourth-order valence-corrected chi connectivity index (χ4v) is 1.46. The average molecular weight is 221 g/mol. The molecule has 2 aromatic rings. The van der Waals surface area contributed by atoms with Crippen LogP contribution in [0.25, 0.3) is 11.0 Å². The highest BCUT2D eigenvalue weighted by molar-refractivity contribution is 5.87. The number of anilines is 1. The van der Waals surface area contributed by atoms with Gasteiger partial charge in [-0.2, -0.15) is 0 Å². The Kier molecular flexibility index (Phi) is 2.44. The van der Waals surface area contributed by atoms with E-state index >= 15 is 0 Å². The van der Waals surface area contributed by atoms with E-state index in [-0.39, 0.29) is 5.69 Å². The second kappa shape index (κ2) is 3.77. The van der Waals surface area contributed by atoms with Crippen molar-refractivity contribution in [3.8, 4) is 11.5 Å². The summed E-state index contributed by atoms with van der Waals surface area (Å²) >= 11 is 0. The molecule has 0 saturated carbocycles. The predicted molar refractivity (Wildman–Crippen MR) is 60.0 cm³/mol. The molecule has 0 spiro atoms. The largest absolute Gasteiger partial charge is 0.496 e. The van der Waals surface area contributed by atoms with Crippen molar-refractivity contribution >= 4 is 16.7 Å². The van der Waals surface area contributed by atoms with Gasteiger partial charge in [0, 0.05) is 12.1 Å². The van der Waals surface area contributed by atoms with E-state index in [9.17, 15) is 4.79 Å². The lowest BCUT2D eigenvalue weighted by atomic mass is 10.2. The van der Waals surface area contributed by atoms with Crippen LogP contribution in [0.5, 0.6) is 11.5 Å². The summed E-state index contributed by atoms with van der Waals surface area (Å²) in [4.78, 5) is 11.3. The van der Waals surface area contributed by atoms with E-state index in [1.165, 1.54) is 20.3 Å². The number of benzene rings is 1. The summed E-state index contributed by atoms with van der Waals surface area (Å²) in [7, 11) is 3.05. The van der Waals surface area contributed by atoms with Crippen LogP contribution in [0.1, 0.15) is 0 Å². The van der Waals surface area contributed by atoms with Crippen LogP contribution in [0.15, 0.2) is 27.4 Å². The molecule has 84 valence electrons. The lowest BCUT2D eigenvalue weighted by molar-refractivity contribution is 0.396. The van der Waals surface area contributed by atoms with Gasteiger partial charge >= 0.3 is 5.63 Å². The average Bonchev–Trinajstić information content (AvgIpc) is 2.29. The fraction of sp³-hybridized carbons (Fsp3) is 0.182. The summed E-state index contributed by atoms with van der Waals surface area (Å²) in [5.74, 6) is 1.10. The van der Waals surface area contributed by atoms with E-state index in [2.05, 4.69) is 0 Å². The Morgan fingerprint density at radius 2 is 1.94 bits per heavy atom. The van der Waals surface area contributed by atoms with Crippen molar-refractivity contribution in [2.24, 2.45) is 0 Å². The summed E-state index contributed by atoms with van der Waals surface area (Å²) in [5.41, 5.74) is 5.36. The fourth-order valence-electron chi connectivity index (χ4n) is 1.46. The zero-order valence-corrected chi connectivity index (χ0v) is 8.94. The quantitative estimate of drug-likeness (QED) is 0.775. The predicted octanol–water partition coefficient (Wildman–Crippen LogP) is 1.39. The zero-order chi connectivity index (χ0) is 11.7. The molecular formula is C11H11NO4. The van der Waals surface area contributed by atoms with Gasteiger partial charge in [-0.25, -0.2) is 4.79 Å². The Labute approximate surface area is 91.4 Å². The standard InChI is InChI=1S/C11H11NO4/c1-14-6-3-9(15-2)7-5-8(12)11(13)16-10(7)4-6/h3-5H,12H2,1-2H3. The Bertz CT molecular complexity index is 588. The third kappa shape index (κ3) is 1.56. The molecule has 5 heteroatoms. The third-order valence-corrected chi connectivity index (χ3v) is 2.27. The molecule has 0 radical (unpaired) electrons. The molecule has 2 N–H and O–H groups in total. The molecule has 16 heavy (non-hydrogen) atoms. The number of nitrogen functional groups attached to an aromatic ring is 1. The molecule has 0 unspecified atom stereocenters. The monoisotopic (exact) mass is 221 g/mol. The van der Waals surface area contributed by atoms with Gasteiger partial charge in [-0.05, 0) is 6.07 Å². The van der Waals surface area contributed by atoms with Crippen molar-refractivity contribution in [2.75, 3.05) is 20.0 Å². The highest BCUT2D eigenvalue weighted by Gasteiger charge is 2.09. The summed E-state index contributed by atoms with van der Waals surface area (Å²) in [6, 6.07) is 4.83. The van der Waals surface area contributed by atoms with Crippen LogP contribution in [0, 0.1) is 0 Å². The van der Waals surface area contributed by atoms with Gasteiger partial charge in [0.1, 0.15) is 22.8 Å². The lowest BCUT2D eigenvalue weighted by Crippen LogP contribution is -2.06. The summed E-state index contributed by atoms with van der Waals surface area (Å²) in [6.07, 6.45) is 0. The molecule has 0 bridgehead atoms. The number of hydrogen-bond donors (Lipinski definition) is 1. The maximum absolute atomic E-state index is 11.3.